The molecule has 3 N–H and O–H groups in total. The first kappa shape index (κ1) is 18.4. The number of quaternary nitrogens is 1. The second kappa shape index (κ2) is 6.21. The summed E-state index contributed by atoms with van der Waals surface area (Å²) in [6.45, 7) is 7.81. The Morgan fingerprint density at radius 1 is 1.00 bits per heavy atom. The second-order valence-corrected chi connectivity index (χ2v) is 11.0. The van der Waals surface area contributed by atoms with Crippen molar-refractivity contribution in [2.75, 3.05) is 0 Å². The summed E-state index contributed by atoms with van der Waals surface area (Å²) in [5, 5.41) is 12.3. The fraction of sp³-hybridized carbons (Fsp3) is 0.600. The molecule has 6 rings (SSSR count). The molecule has 0 radical (unpaired) electrons. The van der Waals surface area contributed by atoms with Gasteiger partial charge in [0.2, 0.25) is 0 Å². The van der Waals surface area contributed by atoms with Gasteiger partial charge in [0.1, 0.15) is 12.3 Å². The average Bonchev–Trinajstić information content (AvgIpc) is 3.06. The van der Waals surface area contributed by atoms with E-state index in [1.165, 1.54) is 38.5 Å². The highest BCUT2D eigenvalue weighted by Gasteiger charge is 2.62. The Morgan fingerprint density at radius 3 is 2.29 bits per heavy atom. The van der Waals surface area contributed by atoms with E-state index in [9.17, 15) is 5.11 Å². The van der Waals surface area contributed by atoms with Crippen molar-refractivity contribution < 1.29 is 14.8 Å². The first-order valence-corrected chi connectivity index (χ1v) is 11.0. The first-order valence-electron chi connectivity index (χ1n) is 11.0. The van der Waals surface area contributed by atoms with E-state index in [-0.39, 0.29) is 0 Å². The Hall–Kier alpha value is -1.58. The predicted molar refractivity (Wildman–Crippen MR) is 111 cm³/mol. The fourth-order valence-electron chi connectivity index (χ4n) is 7.65. The predicted octanol–water partition coefficient (Wildman–Crippen LogP) is 4.81. The lowest BCUT2D eigenvalue weighted by Crippen LogP contribution is -2.98. The quantitative estimate of drug-likeness (QED) is 0.782. The molecule has 4 saturated carbocycles. The molecule has 1 aromatic heterocycles. The number of aliphatic hydroxyl groups excluding tert-OH is 1. The summed E-state index contributed by atoms with van der Waals surface area (Å²) in [5.41, 5.74) is 3.56. The van der Waals surface area contributed by atoms with E-state index in [1.807, 2.05) is 24.3 Å². The zero-order chi connectivity index (χ0) is 19.6. The minimum absolute atomic E-state index is 0.425. The number of hydrogen-bond donors (Lipinski definition) is 2. The molecule has 3 heteroatoms. The van der Waals surface area contributed by atoms with Crippen LogP contribution in [0.5, 0.6) is 0 Å². The van der Waals surface area contributed by atoms with Crippen LogP contribution in [0.4, 0.5) is 0 Å². The Kier molecular flexibility index (Phi) is 4.09. The van der Waals surface area contributed by atoms with Gasteiger partial charge in [-0.2, -0.15) is 0 Å². The van der Waals surface area contributed by atoms with Gasteiger partial charge in [-0.05, 0) is 60.6 Å². The molecule has 4 aliphatic carbocycles. The van der Waals surface area contributed by atoms with E-state index in [0.717, 1.165) is 35.1 Å². The molecule has 4 fully saturated rings. The Morgan fingerprint density at radius 2 is 1.68 bits per heavy atom. The van der Waals surface area contributed by atoms with Crippen molar-refractivity contribution in [1.82, 2.24) is 0 Å². The van der Waals surface area contributed by atoms with Gasteiger partial charge in [0.15, 0.2) is 5.76 Å². The molecule has 28 heavy (non-hydrogen) atoms. The smallest absolute Gasteiger partial charge is 0.158 e. The van der Waals surface area contributed by atoms with Gasteiger partial charge in [-0.15, -0.1) is 0 Å². The van der Waals surface area contributed by atoms with Gasteiger partial charge in [-0.1, -0.05) is 38.1 Å². The molecule has 0 aliphatic heterocycles. The SMILES string of the molecule is C[C@H](O)c1ccc(-c2ccc(C[NH2+]C34CC5C[C@@](C)(C3)C[C@](C)(C5)C4)o2)cc1. The van der Waals surface area contributed by atoms with Crippen LogP contribution in [0.25, 0.3) is 11.3 Å². The van der Waals surface area contributed by atoms with Crippen LogP contribution in [0.1, 0.15) is 76.7 Å². The summed E-state index contributed by atoms with van der Waals surface area (Å²) in [4.78, 5) is 0. The first-order chi connectivity index (χ1) is 13.3. The maximum absolute atomic E-state index is 9.68. The third-order valence-corrected chi connectivity index (χ3v) is 7.74. The molecule has 2 aromatic rings. The van der Waals surface area contributed by atoms with Crippen molar-refractivity contribution in [3.8, 4) is 11.3 Å². The van der Waals surface area contributed by atoms with E-state index in [0.29, 0.717) is 16.4 Å². The lowest BCUT2D eigenvalue weighted by Gasteiger charge is -2.63. The highest BCUT2D eigenvalue weighted by atomic mass is 16.3. The number of aliphatic hydroxyl groups is 1. The lowest BCUT2D eigenvalue weighted by atomic mass is 9.43. The second-order valence-electron chi connectivity index (χ2n) is 11.0. The third kappa shape index (κ3) is 3.23. The summed E-state index contributed by atoms with van der Waals surface area (Å²) >= 11 is 0. The highest BCUT2D eigenvalue weighted by molar-refractivity contribution is 5.58. The zero-order valence-electron chi connectivity index (χ0n) is 17.5. The monoisotopic (exact) mass is 380 g/mol. The average molecular weight is 381 g/mol. The molecule has 0 amide bonds. The van der Waals surface area contributed by atoms with Crippen molar-refractivity contribution in [1.29, 1.82) is 0 Å². The Bertz CT molecular complexity index is 847. The van der Waals surface area contributed by atoms with Crippen molar-refractivity contribution in [3.63, 3.8) is 0 Å². The van der Waals surface area contributed by atoms with Crippen LogP contribution in [0.15, 0.2) is 40.8 Å². The normalized spacial score (nSPS) is 37.4. The van der Waals surface area contributed by atoms with E-state index in [4.69, 9.17) is 4.42 Å². The molecule has 4 bridgehead atoms. The molecule has 5 atom stereocenters. The van der Waals surface area contributed by atoms with E-state index in [2.05, 4.69) is 31.3 Å². The van der Waals surface area contributed by atoms with Gasteiger partial charge < -0.3 is 14.8 Å². The summed E-state index contributed by atoms with van der Waals surface area (Å²) in [7, 11) is 0. The molecular formula is C25H34NO2+. The van der Waals surface area contributed by atoms with Crippen LogP contribution in [0.2, 0.25) is 0 Å². The summed E-state index contributed by atoms with van der Waals surface area (Å²) < 4.78 is 6.19. The molecule has 2 unspecified atom stereocenters. The molecule has 1 heterocycles. The van der Waals surface area contributed by atoms with Gasteiger partial charge in [0, 0.05) is 24.8 Å². The Balaban J connectivity index is 1.29. The van der Waals surface area contributed by atoms with Crippen LogP contribution < -0.4 is 5.32 Å². The molecule has 0 saturated heterocycles. The van der Waals surface area contributed by atoms with Crippen molar-refractivity contribution in [3.05, 3.63) is 47.7 Å². The molecular weight excluding hydrogens is 346 g/mol. The van der Waals surface area contributed by atoms with Crippen LogP contribution in [0.3, 0.4) is 0 Å². The van der Waals surface area contributed by atoms with Crippen molar-refractivity contribution in [2.45, 2.75) is 77.5 Å². The fourth-order valence-corrected chi connectivity index (χ4v) is 7.65. The molecule has 4 aliphatic rings. The summed E-state index contributed by atoms with van der Waals surface area (Å²) in [5.74, 6) is 2.92. The minimum atomic E-state index is -0.431. The van der Waals surface area contributed by atoms with Crippen LogP contribution in [-0.2, 0) is 6.54 Å². The van der Waals surface area contributed by atoms with E-state index < -0.39 is 6.10 Å². The van der Waals surface area contributed by atoms with Crippen LogP contribution in [0, 0.1) is 16.7 Å². The maximum Gasteiger partial charge on any atom is 0.158 e. The van der Waals surface area contributed by atoms with Gasteiger partial charge in [-0.25, -0.2) is 0 Å². The molecule has 150 valence electrons. The largest absolute Gasteiger partial charge is 0.455 e. The molecule has 1 aromatic carbocycles. The van der Waals surface area contributed by atoms with E-state index in [1.54, 1.807) is 6.92 Å². The highest BCUT2D eigenvalue weighted by Crippen LogP contribution is 2.65. The van der Waals surface area contributed by atoms with Gasteiger partial charge >= 0.3 is 0 Å². The lowest BCUT2D eigenvalue weighted by molar-refractivity contribution is -0.757. The number of nitrogens with two attached hydrogens (primary N) is 1. The van der Waals surface area contributed by atoms with Gasteiger partial charge in [0.25, 0.3) is 0 Å². The van der Waals surface area contributed by atoms with E-state index >= 15 is 0 Å². The zero-order valence-corrected chi connectivity index (χ0v) is 17.5. The molecule has 3 nitrogen and oxygen atoms in total. The third-order valence-electron chi connectivity index (χ3n) is 7.74. The van der Waals surface area contributed by atoms with Crippen LogP contribution >= 0.6 is 0 Å². The maximum atomic E-state index is 9.68. The number of furan rings is 1. The van der Waals surface area contributed by atoms with Gasteiger partial charge in [0.05, 0.1) is 11.6 Å². The van der Waals surface area contributed by atoms with Crippen molar-refractivity contribution in [2.24, 2.45) is 16.7 Å². The van der Waals surface area contributed by atoms with Crippen LogP contribution in [-0.4, -0.2) is 10.6 Å². The summed E-state index contributed by atoms with van der Waals surface area (Å²) in [6, 6.07) is 12.3. The number of rotatable bonds is 5. The Labute approximate surface area is 168 Å². The minimum Gasteiger partial charge on any atom is -0.455 e. The summed E-state index contributed by atoms with van der Waals surface area (Å²) in [6.07, 6.45) is 8.05. The molecule has 0 spiro atoms. The topological polar surface area (TPSA) is 50.0 Å². The standard InChI is InChI=1S/C25H33NO2/c1-17(27)19-4-6-20(7-5-19)22-9-8-21(28-22)13-26-25-12-18-10-23(2,15-25)14-24(3,11-18)16-25/h4-9,17-18,26-27H,10-16H2,1-3H3/p+1/t17-,18?,23-,24+,25?/m0/s1. The number of benzene rings is 1. The van der Waals surface area contributed by atoms with Crippen molar-refractivity contribution >= 4 is 0 Å². The van der Waals surface area contributed by atoms with Gasteiger partial charge in [-0.3, -0.25) is 0 Å². The number of hydrogen-bond acceptors (Lipinski definition) is 2.